The molecular formula is C20H28N2O5. The Balaban J connectivity index is 2.20. The summed E-state index contributed by atoms with van der Waals surface area (Å²) < 4.78 is 12.1. The van der Waals surface area contributed by atoms with Gasteiger partial charge >= 0.3 is 12.2 Å². The summed E-state index contributed by atoms with van der Waals surface area (Å²) in [5.41, 5.74) is 0.253. The Morgan fingerprint density at radius 3 is 2.30 bits per heavy atom. The third-order valence-corrected chi connectivity index (χ3v) is 3.52. The first-order valence-corrected chi connectivity index (χ1v) is 8.89. The molecule has 27 heavy (non-hydrogen) atoms. The standard InChI is InChI=1S/C20H28N2O5/c1-19(2,3)26-17(24)21-10-9-13-12-22(18(25)27-20(4,5)6)16-8-7-14(23)11-15(13)16/h7-8,11-12,23H,9-10H2,1-6H3,(H,21,24). The minimum absolute atomic E-state index is 0.103. The lowest BCUT2D eigenvalue weighted by molar-refractivity contribution is 0.0521. The molecule has 0 bridgehead atoms. The molecule has 0 atom stereocenters. The lowest BCUT2D eigenvalue weighted by atomic mass is 10.1. The molecule has 0 aliphatic rings. The zero-order valence-corrected chi connectivity index (χ0v) is 16.8. The van der Waals surface area contributed by atoms with Crippen LogP contribution < -0.4 is 5.32 Å². The number of benzene rings is 1. The first-order valence-electron chi connectivity index (χ1n) is 8.89. The van der Waals surface area contributed by atoms with Crippen molar-refractivity contribution in [3.8, 4) is 5.75 Å². The maximum atomic E-state index is 12.5. The average molecular weight is 376 g/mol. The summed E-state index contributed by atoms with van der Waals surface area (Å²) in [5.74, 6) is 0.103. The number of hydrogen-bond acceptors (Lipinski definition) is 5. The Labute approximate surface area is 159 Å². The third kappa shape index (κ3) is 5.91. The van der Waals surface area contributed by atoms with E-state index in [2.05, 4.69) is 5.32 Å². The van der Waals surface area contributed by atoms with Crippen molar-refractivity contribution < 1.29 is 24.2 Å². The molecule has 0 radical (unpaired) electrons. The molecule has 1 amide bonds. The number of phenolic OH excluding ortho intramolecular Hbond substituents is 1. The van der Waals surface area contributed by atoms with Crippen molar-refractivity contribution in [1.82, 2.24) is 9.88 Å². The Morgan fingerprint density at radius 1 is 1.07 bits per heavy atom. The molecule has 2 rings (SSSR count). The Morgan fingerprint density at radius 2 is 1.70 bits per heavy atom. The van der Waals surface area contributed by atoms with E-state index in [-0.39, 0.29) is 5.75 Å². The molecule has 2 N–H and O–H groups in total. The molecule has 0 aliphatic carbocycles. The van der Waals surface area contributed by atoms with E-state index in [1.165, 1.54) is 10.6 Å². The Bertz CT molecular complexity index is 840. The highest BCUT2D eigenvalue weighted by Gasteiger charge is 2.21. The van der Waals surface area contributed by atoms with Crippen molar-refractivity contribution in [3.05, 3.63) is 30.0 Å². The van der Waals surface area contributed by atoms with E-state index < -0.39 is 23.4 Å². The summed E-state index contributed by atoms with van der Waals surface area (Å²) in [5, 5.41) is 13.2. The number of rotatable bonds is 3. The van der Waals surface area contributed by atoms with Crippen molar-refractivity contribution in [2.24, 2.45) is 0 Å². The number of aromatic hydroxyl groups is 1. The summed E-state index contributed by atoms with van der Waals surface area (Å²) in [7, 11) is 0. The fourth-order valence-corrected chi connectivity index (χ4v) is 2.56. The summed E-state index contributed by atoms with van der Waals surface area (Å²) in [4.78, 5) is 24.3. The van der Waals surface area contributed by atoms with Gasteiger partial charge in [-0.25, -0.2) is 9.59 Å². The van der Waals surface area contributed by atoms with Gasteiger partial charge in [0.1, 0.15) is 17.0 Å². The third-order valence-electron chi connectivity index (χ3n) is 3.52. The van der Waals surface area contributed by atoms with E-state index in [1.807, 2.05) is 0 Å². The van der Waals surface area contributed by atoms with Crippen LogP contribution in [-0.2, 0) is 15.9 Å². The lowest BCUT2D eigenvalue weighted by Crippen LogP contribution is -2.33. The monoisotopic (exact) mass is 376 g/mol. The van der Waals surface area contributed by atoms with Gasteiger partial charge in [-0.2, -0.15) is 0 Å². The second kappa shape index (κ2) is 7.50. The Hall–Kier alpha value is -2.70. The summed E-state index contributed by atoms with van der Waals surface area (Å²) in [6, 6.07) is 4.78. The summed E-state index contributed by atoms with van der Waals surface area (Å²) in [6.45, 7) is 11.1. The predicted octanol–water partition coefficient (Wildman–Crippen LogP) is 4.20. The highest BCUT2D eigenvalue weighted by molar-refractivity contribution is 5.93. The first-order chi connectivity index (χ1) is 12.4. The van der Waals surface area contributed by atoms with Gasteiger partial charge in [-0.1, -0.05) is 0 Å². The van der Waals surface area contributed by atoms with Gasteiger partial charge in [0.2, 0.25) is 0 Å². The minimum Gasteiger partial charge on any atom is -0.508 e. The molecule has 7 heteroatoms. The molecule has 148 valence electrons. The molecule has 0 aliphatic heterocycles. The van der Waals surface area contributed by atoms with Gasteiger partial charge in [-0.15, -0.1) is 0 Å². The molecule has 0 fully saturated rings. The summed E-state index contributed by atoms with van der Waals surface area (Å²) in [6.07, 6.45) is 1.15. The van der Waals surface area contributed by atoms with Gasteiger partial charge < -0.3 is 19.9 Å². The second-order valence-corrected chi connectivity index (χ2v) is 8.38. The van der Waals surface area contributed by atoms with Crippen LogP contribution in [0.15, 0.2) is 24.4 Å². The van der Waals surface area contributed by atoms with Crippen molar-refractivity contribution in [3.63, 3.8) is 0 Å². The van der Waals surface area contributed by atoms with E-state index in [0.29, 0.717) is 18.5 Å². The van der Waals surface area contributed by atoms with Crippen molar-refractivity contribution in [1.29, 1.82) is 0 Å². The van der Waals surface area contributed by atoms with Crippen molar-refractivity contribution >= 4 is 23.1 Å². The van der Waals surface area contributed by atoms with Gasteiger partial charge in [0.25, 0.3) is 0 Å². The molecule has 7 nitrogen and oxygen atoms in total. The topological polar surface area (TPSA) is 89.8 Å². The smallest absolute Gasteiger partial charge is 0.419 e. The van der Waals surface area contributed by atoms with E-state index in [0.717, 1.165) is 10.9 Å². The molecule has 0 saturated heterocycles. The molecule has 0 saturated carbocycles. The second-order valence-electron chi connectivity index (χ2n) is 8.38. The van der Waals surface area contributed by atoms with Crippen LogP contribution in [0.25, 0.3) is 10.9 Å². The van der Waals surface area contributed by atoms with Crippen LogP contribution in [0, 0.1) is 0 Å². The zero-order chi connectivity index (χ0) is 20.4. The Kier molecular flexibility index (Phi) is 5.73. The van der Waals surface area contributed by atoms with Crippen molar-refractivity contribution in [2.45, 2.75) is 59.2 Å². The highest BCUT2D eigenvalue weighted by Crippen LogP contribution is 2.26. The van der Waals surface area contributed by atoms with Crippen LogP contribution in [0.4, 0.5) is 9.59 Å². The summed E-state index contributed by atoms with van der Waals surface area (Å²) >= 11 is 0. The molecular weight excluding hydrogens is 348 g/mol. The average Bonchev–Trinajstić information content (AvgIpc) is 2.82. The van der Waals surface area contributed by atoms with Crippen LogP contribution in [-0.4, -0.2) is 39.6 Å². The van der Waals surface area contributed by atoms with Gasteiger partial charge in [0.15, 0.2) is 0 Å². The molecule has 2 aromatic rings. The van der Waals surface area contributed by atoms with E-state index in [4.69, 9.17) is 9.47 Å². The lowest BCUT2D eigenvalue weighted by Gasteiger charge is -2.19. The predicted molar refractivity (Wildman–Crippen MR) is 103 cm³/mol. The first kappa shape index (κ1) is 20.6. The van der Waals surface area contributed by atoms with E-state index >= 15 is 0 Å². The van der Waals surface area contributed by atoms with E-state index in [9.17, 15) is 14.7 Å². The van der Waals surface area contributed by atoms with Crippen LogP contribution in [0.3, 0.4) is 0 Å². The number of fused-ring (bicyclic) bond motifs is 1. The molecule has 0 spiro atoms. The number of amides is 1. The van der Waals surface area contributed by atoms with Gasteiger partial charge in [0, 0.05) is 18.1 Å². The number of carbonyl (C=O) groups is 2. The number of nitrogens with zero attached hydrogens (tertiary/aromatic N) is 1. The van der Waals surface area contributed by atoms with Gasteiger partial charge in [0.05, 0.1) is 5.52 Å². The fourth-order valence-electron chi connectivity index (χ4n) is 2.56. The number of ether oxygens (including phenoxy) is 2. The maximum absolute atomic E-state index is 12.5. The van der Waals surface area contributed by atoms with Crippen LogP contribution in [0.1, 0.15) is 47.1 Å². The molecule has 1 aromatic carbocycles. The number of nitrogens with one attached hydrogen (secondary N) is 1. The van der Waals surface area contributed by atoms with Crippen molar-refractivity contribution in [2.75, 3.05) is 6.54 Å². The molecule has 1 aromatic heterocycles. The number of phenols is 1. The van der Waals surface area contributed by atoms with Gasteiger partial charge in [-0.05, 0) is 71.7 Å². The van der Waals surface area contributed by atoms with Crippen LogP contribution >= 0.6 is 0 Å². The molecule has 0 unspecified atom stereocenters. The zero-order valence-electron chi connectivity index (χ0n) is 16.8. The maximum Gasteiger partial charge on any atom is 0.419 e. The van der Waals surface area contributed by atoms with Gasteiger partial charge in [-0.3, -0.25) is 4.57 Å². The van der Waals surface area contributed by atoms with Crippen LogP contribution in [0.2, 0.25) is 0 Å². The largest absolute Gasteiger partial charge is 0.508 e. The van der Waals surface area contributed by atoms with E-state index in [1.54, 1.807) is 59.9 Å². The number of hydrogen-bond donors (Lipinski definition) is 2. The highest BCUT2D eigenvalue weighted by atomic mass is 16.6. The molecule has 1 heterocycles. The minimum atomic E-state index is -0.622. The normalized spacial score (nSPS) is 12.1. The quantitative estimate of drug-likeness (QED) is 0.838. The van der Waals surface area contributed by atoms with Crippen LogP contribution in [0.5, 0.6) is 5.75 Å². The number of carbonyl (C=O) groups excluding carboxylic acids is 2. The SMILES string of the molecule is CC(C)(C)OC(=O)NCCc1cn(C(=O)OC(C)(C)C)c2ccc(O)cc12. The number of aromatic nitrogens is 1. The number of alkyl carbamates (subject to hydrolysis) is 1. The fraction of sp³-hybridized carbons (Fsp3) is 0.500.